The van der Waals surface area contributed by atoms with Crippen molar-refractivity contribution in [2.75, 3.05) is 6.61 Å². The number of terminal acetylenes is 1. The van der Waals surface area contributed by atoms with Crippen LogP contribution >= 0.6 is 0 Å². The summed E-state index contributed by atoms with van der Waals surface area (Å²) in [6.07, 6.45) is 5.37. The number of carbonyl (C=O) groups is 1. The maximum absolute atomic E-state index is 9.68. The molecule has 4 heteroatoms. The molecule has 0 bridgehead atoms. The van der Waals surface area contributed by atoms with Crippen LogP contribution in [0, 0.1) is 12.3 Å². The van der Waals surface area contributed by atoms with Gasteiger partial charge in [-0.25, -0.2) is 4.79 Å². The van der Waals surface area contributed by atoms with Crippen LogP contribution in [0.5, 0.6) is 0 Å². The van der Waals surface area contributed by atoms with Crippen LogP contribution < -0.4 is 0 Å². The number of hydrogen-bond acceptors (Lipinski definition) is 3. The van der Waals surface area contributed by atoms with Gasteiger partial charge in [0, 0.05) is 0 Å². The minimum absolute atomic E-state index is 0.0101. The Morgan fingerprint density at radius 2 is 2.67 bits per heavy atom. The van der Waals surface area contributed by atoms with Gasteiger partial charge in [0.1, 0.15) is 0 Å². The van der Waals surface area contributed by atoms with Gasteiger partial charge in [-0.05, 0) is 0 Å². The molecular formula is C5H5NO3. The Labute approximate surface area is 52.1 Å². The standard InChI is InChI=1S/C5H5NO3/c1-2-3-9-6-4-5(7)8/h1,4H,3H2,(H,7,8). The van der Waals surface area contributed by atoms with Crippen molar-refractivity contribution in [3.05, 3.63) is 0 Å². The molecular weight excluding hydrogens is 122 g/mol. The van der Waals surface area contributed by atoms with Crippen LogP contribution in [0.15, 0.2) is 5.16 Å². The monoisotopic (exact) mass is 127 g/mol. The topological polar surface area (TPSA) is 58.9 Å². The molecule has 0 atom stereocenters. The summed E-state index contributed by atoms with van der Waals surface area (Å²) in [5.74, 6) is 0.952. The summed E-state index contributed by atoms with van der Waals surface area (Å²) in [7, 11) is 0. The van der Waals surface area contributed by atoms with Gasteiger partial charge in [-0.15, -0.1) is 6.42 Å². The Bertz CT molecular complexity index is 156. The predicted octanol–water partition coefficient (Wildman–Crippen LogP) is -0.293. The van der Waals surface area contributed by atoms with E-state index in [-0.39, 0.29) is 6.61 Å². The summed E-state index contributed by atoms with van der Waals surface area (Å²) in [5.41, 5.74) is 0. The summed E-state index contributed by atoms with van der Waals surface area (Å²) in [6.45, 7) is -0.0101. The predicted molar refractivity (Wildman–Crippen MR) is 30.9 cm³/mol. The second kappa shape index (κ2) is 4.65. The highest BCUT2D eigenvalue weighted by molar-refractivity contribution is 6.21. The van der Waals surface area contributed by atoms with Crippen LogP contribution in [0.1, 0.15) is 0 Å². The van der Waals surface area contributed by atoms with E-state index >= 15 is 0 Å². The molecule has 0 aromatic carbocycles. The molecule has 0 aromatic rings. The van der Waals surface area contributed by atoms with Gasteiger partial charge in [-0.3, -0.25) is 0 Å². The first kappa shape index (κ1) is 7.50. The van der Waals surface area contributed by atoms with E-state index in [0.717, 1.165) is 0 Å². The minimum Gasteiger partial charge on any atom is -0.477 e. The molecule has 9 heavy (non-hydrogen) atoms. The van der Waals surface area contributed by atoms with Crippen LogP contribution in [0.4, 0.5) is 0 Å². The number of oxime groups is 1. The van der Waals surface area contributed by atoms with Crippen molar-refractivity contribution >= 4 is 12.2 Å². The first-order valence-corrected chi connectivity index (χ1v) is 2.09. The first-order chi connectivity index (χ1) is 4.27. The molecule has 0 aliphatic carbocycles. The molecule has 0 amide bonds. The molecule has 0 aliphatic rings. The minimum atomic E-state index is -1.16. The van der Waals surface area contributed by atoms with E-state index in [1.54, 1.807) is 0 Å². The Morgan fingerprint density at radius 3 is 3.11 bits per heavy atom. The smallest absolute Gasteiger partial charge is 0.350 e. The molecule has 1 N–H and O–H groups in total. The second-order valence-electron chi connectivity index (χ2n) is 1.05. The average molecular weight is 127 g/mol. The molecule has 0 unspecified atom stereocenters. The van der Waals surface area contributed by atoms with Gasteiger partial charge < -0.3 is 9.94 Å². The Morgan fingerprint density at radius 1 is 2.00 bits per heavy atom. The number of nitrogens with zero attached hydrogens (tertiary/aromatic N) is 1. The summed E-state index contributed by atoms with van der Waals surface area (Å²) in [5, 5.41) is 10.9. The highest BCUT2D eigenvalue weighted by atomic mass is 16.6. The Balaban J connectivity index is 3.28. The zero-order valence-electron chi connectivity index (χ0n) is 4.57. The third-order valence-corrected chi connectivity index (χ3v) is 0.386. The van der Waals surface area contributed by atoms with Crippen LogP contribution in [0.25, 0.3) is 0 Å². The zero-order chi connectivity index (χ0) is 7.11. The lowest BCUT2D eigenvalue weighted by atomic mass is 10.8. The largest absolute Gasteiger partial charge is 0.477 e. The van der Waals surface area contributed by atoms with Gasteiger partial charge >= 0.3 is 5.97 Å². The number of hydrogen-bond donors (Lipinski definition) is 1. The summed E-state index contributed by atoms with van der Waals surface area (Å²) >= 11 is 0. The number of carboxylic acid groups (broad SMARTS) is 1. The van der Waals surface area contributed by atoms with Gasteiger partial charge in [0.15, 0.2) is 12.8 Å². The van der Waals surface area contributed by atoms with E-state index in [0.29, 0.717) is 6.21 Å². The van der Waals surface area contributed by atoms with E-state index in [4.69, 9.17) is 11.5 Å². The van der Waals surface area contributed by atoms with Gasteiger partial charge in [-0.2, -0.15) is 0 Å². The first-order valence-electron chi connectivity index (χ1n) is 2.09. The van der Waals surface area contributed by atoms with E-state index < -0.39 is 5.97 Å². The fourth-order valence-corrected chi connectivity index (χ4v) is 0.157. The van der Waals surface area contributed by atoms with Crippen molar-refractivity contribution < 1.29 is 14.7 Å². The molecule has 48 valence electrons. The maximum atomic E-state index is 9.68. The van der Waals surface area contributed by atoms with Gasteiger partial charge in [-0.1, -0.05) is 11.1 Å². The highest BCUT2D eigenvalue weighted by Gasteiger charge is 1.83. The van der Waals surface area contributed by atoms with Crippen LogP contribution in [-0.2, 0) is 9.63 Å². The van der Waals surface area contributed by atoms with Crippen molar-refractivity contribution in [2.45, 2.75) is 0 Å². The van der Waals surface area contributed by atoms with Crippen LogP contribution in [0.2, 0.25) is 0 Å². The van der Waals surface area contributed by atoms with Crippen LogP contribution in [0.3, 0.4) is 0 Å². The zero-order valence-corrected chi connectivity index (χ0v) is 4.57. The lowest BCUT2D eigenvalue weighted by Crippen LogP contribution is -1.95. The van der Waals surface area contributed by atoms with Gasteiger partial charge in [0.05, 0.1) is 0 Å². The van der Waals surface area contributed by atoms with E-state index in [9.17, 15) is 4.79 Å². The number of carboxylic acids is 1. The molecule has 0 heterocycles. The average Bonchev–Trinajstić information content (AvgIpc) is 1.80. The third-order valence-electron chi connectivity index (χ3n) is 0.386. The molecule has 0 fully saturated rings. The molecule has 0 radical (unpaired) electrons. The maximum Gasteiger partial charge on any atom is 0.350 e. The molecule has 0 saturated heterocycles. The second-order valence-corrected chi connectivity index (χ2v) is 1.05. The summed E-state index contributed by atoms with van der Waals surface area (Å²) in [6, 6.07) is 0. The fourth-order valence-electron chi connectivity index (χ4n) is 0.157. The van der Waals surface area contributed by atoms with E-state index in [2.05, 4.69) is 15.9 Å². The summed E-state index contributed by atoms with van der Waals surface area (Å²) in [4.78, 5) is 13.9. The molecule has 0 saturated carbocycles. The molecule has 4 nitrogen and oxygen atoms in total. The van der Waals surface area contributed by atoms with E-state index in [1.807, 2.05) is 0 Å². The van der Waals surface area contributed by atoms with Crippen molar-refractivity contribution in [1.82, 2.24) is 0 Å². The SMILES string of the molecule is C#CCON=CC(=O)O. The van der Waals surface area contributed by atoms with E-state index in [1.165, 1.54) is 0 Å². The molecule has 0 aliphatic heterocycles. The number of rotatable bonds is 3. The molecule has 0 aromatic heterocycles. The van der Waals surface area contributed by atoms with Gasteiger partial charge in [0.25, 0.3) is 0 Å². The number of aliphatic carboxylic acids is 1. The van der Waals surface area contributed by atoms with Crippen molar-refractivity contribution in [1.29, 1.82) is 0 Å². The van der Waals surface area contributed by atoms with Crippen molar-refractivity contribution in [3.63, 3.8) is 0 Å². The third kappa shape index (κ3) is 6.50. The fraction of sp³-hybridized carbons (Fsp3) is 0.200. The normalized spacial score (nSPS) is 8.78. The van der Waals surface area contributed by atoms with Crippen molar-refractivity contribution in [2.24, 2.45) is 5.16 Å². The molecule has 0 rings (SSSR count). The lowest BCUT2D eigenvalue weighted by Gasteiger charge is -1.85. The Kier molecular flexibility index (Phi) is 3.88. The molecule has 0 spiro atoms. The van der Waals surface area contributed by atoms with Crippen LogP contribution in [-0.4, -0.2) is 23.9 Å². The van der Waals surface area contributed by atoms with Gasteiger partial charge in [0.2, 0.25) is 0 Å². The summed E-state index contributed by atoms with van der Waals surface area (Å²) < 4.78 is 0. The quantitative estimate of drug-likeness (QED) is 0.245. The highest BCUT2D eigenvalue weighted by Crippen LogP contribution is 1.69. The Hall–Kier alpha value is -1.50. The lowest BCUT2D eigenvalue weighted by molar-refractivity contribution is -0.129. The van der Waals surface area contributed by atoms with Crippen molar-refractivity contribution in [3.8, 4) is 12.3 Å².